The molecule has 0 unspecified atom stereocenters. The molecule has 6 nitrogen and oxygen atoms in total. The minimum absolute atomic E-state index is 0.0374. The van der Waals surface area contributed by atoms with Crippen LogP contribution >= 0.6 is 0 Å². The number of rotatable bonds is 1. The van der Waals surface area contributed by atoms with Gasteiger partial charge >= 0.3 is 0 Å². The van der Waals surface area contributed by atoms with E-state index in [0.29, 0.717) is 18.7 Å². The van der Waals surface area contributed by atoms with E-state index in [1.165, 1.54) is 6.20 Å². The molecule has 6 heteroatoms. The molecule has 1 aromatic heterocycles. The normalized spacial score (nSPS) is 27.5. The summed E-state index contributed by atoms with van der Waals surface area (Å²) in [5.41, 5.74) is 0.561. The fourth-order valence-electron chi connectivity index (χ4n) is 2.87. The molecule has 3 fully saturated rings. The Morgan fingerprint density at radius 3 is 3.00 bits per heavy atom. The summed E-state index contributed by atoms with van der Waals surface area (Å²) in [4.78, 5) is 27.9. The second kappa shape index (κ2) is 4.12. The number of hydrogen-bond donors (Lipinski definition) is 1. The van der Waals surface area contributed by atoms with E-state index in [4.69, 9.17) is 0 Å². The molecular weight excluding hydrogens is 232 g/mol. The van der Waals surface area contributed by atoms with E-state index in [1.54, 1.807) is 16.0 Å². The van der Waals surface area contributed by atoms with Gasteiger partial charge in [0.25, 0.3) is 5.91 Å². The fraction of sp³-hybridized carbons (Fsp3) is 0.583. The molecule has 0 aromatic carbocycles. The Hall–Kier alpha value is -1.85. The van der Waals surface area contributed by atoms with Crippen LogP contribution in [0.2, 0.25) is 0 Å². The molecule has 18 heavy (non-hydrogen) atoms. The number of aromatic amines is 1. The van der Waals surface area contributed by atoms with Gasteiger partial charge in [0.2, 0.25) is 5.91 Å². The van der Waals surface area contributed by atoms with Gasteiger partial charge in [0.15, 0.2) is 0 Å². The van der Waals surface area contributed by atoms with Gasteiger partial charge in [-0.05, 0) is 12.8 Å². The summed E-state index contributed by atoms with van der Waals surface area (Å²) < 4.78 is 0. The molecule has 3 aliphatic heterocycles. The van der Waals surface area contributed by atoms with E-state index in [1.807, 2.05) is 7.05 Å². The van der Waals surface area contributed by atoms with Gasteiger partial charge in [0.05, 0.1) is 17.7 Å². The maximum Gasteiger partial charge on any atom is 0.257 e. The Balaban J connectivity index is 1.84. The van der Waals surface area contributed by atoms with Crippen molar-refractivity contribution >= 4 is 11.8 Å². The first-order valence-corrected chi connectivity index (χ1v) is 6.21. The number of hydrogen-bond acceptors (Lipinski definition) is 3. The maximum absolute atomic E-state index is 12.3. The zero-order chi connectivity index (χ0) is 12.7. The summed E-state index contributed by atoms with van der Waals surface area (Å²) >= 11 is 0. The number of fused-ring (bicyclic) bond motifs is 4. The third-order valence-electron chi connectivity index (χ3n) is 4.00. The number of carbonyl (C=O) groups excluding carboxylic acids is 2. The van der Waals surface area contributed by atoms with Crippen LogP contribution < -0.4 is 0 Å². The van der Waals surface area contributed by atoms with Crippen LogP contribution in [0, 0.1) is 5.92 Å². The summed E-state index contributed by atoms with van der Waals surface area (Å²) in [5, 5.41) is 6.44. The molecule has 1 N–H and O–H groups in total. The first kappa shape index (κ1) is 11.3. The Labute approximate surface area is 105 Å². The van der Waals surface area contributed by atoms with E-state index in [9.17, 15) is 9.59 Å². The summed E-state index contributed by atoms with van der Waals surface area (Å²) in [6.45, 7) is 1.16. The van der Waals surface area contributed by atoms with Crippen LogP contribution in [0.25, 0.3) is 0 Å². The Bertz CT molecular complexity index is 470. The molecule has 0 spiro atoms. The van der Waals surface area contributed by atoms with Crippen LogP contribution in [-0.4, -0.2) is 58.0 Å². The molecule has 0 radical (unpaired) electrons. The van der Waals surface area contributed by atoms with Gasteiger partial charge in [0.1, 0.15) is 0 Å². The van der Waals surface area contributed by atoms with Crippen LogP contribution in [-0.2, 0) is 4.79 Å². The van der Waals surface area contributed by atoms with Crippen LogP contribution in [0.3, 0.4) is 0 Å². The van der Waals surface area contributed by atoms with Crippen LogP contribution in [0.1, 0.15) is 23.2 Å². The van der Waals surface area contributed by atoms with E-state index < -0.39 is 0 Å². The highest BCUT2D eigenvalue weighted by Gasteiger charge is 2.40. The Kier molecular flexibility index (Phi) is 2.57. The second-order valence-corrected chi connectivity index (χ2v) is 5.07. The third-order valence-corrected chi connectivity index (χ3v) is 4.00. The van der Waals surface area contributed by atoms with Crippen molar-refractivity contribution in [2.75, 3.05) is 20.1 Å². The minimum atomic E-state index is -0.0382. The maximum atomic E-state index is 12.3. The van der Waals surface area contributed by atoms with Crippen LogP contribution in [0.15, 0.2) is 12.4 Å². The Morgan fingerprint density at radius 2 is 2.28 bits per heavy atom. The summed E-state index contributed by atoms with van der Waals surface area (Å²) in [6.07, 6.45) is 5.01. The quantitative estimate of drug-likeness (QED) is 0.766. The van der Waals surface area contributed by atoms with Crippen molar-refractivity contribution in [1.82, 2.24) is 20.0 Å². The molecular formula is C12H16N4O2. The number of carbonyl (C=O) groups is 2. The molecule has 2 atom stereocenters. The molecule has 4 heterocycles. The average molecular weight is 248 g/mol. The van der Waals surface area contributed by atoms with Crippen molar-refractivity contribution in [2.24, 2.45) is 5.92 Å². The predicted octanol–water partition coefficient (Wildman–Crippen LogP) is 0.102. The van der Waals surface area contributed by atoms with Gasteiger partial charge in [-0.15, -0.1) is 0 Å². The van der Waals surface area contributed by atoms with Crippen molar-refractivity contribution in [1.29, 1.82) is 0 Å². The van der Waals surface area contributed by atoms with Crippen molar-refractivity contribution in [3.05, 3.63) is 18.0 Å². The number of H-pyrrole nitrogens is 1. The Morgan fingerprint density at radius 1 is 1.44 bits per heavy atom. The lowest BCUT2D eigenvalue weighted by Gasteiger charge is -2.32. The second-order valence-electron chi connectivity index (χ2n) is 5.07. The number of aromatic nitrogens is 2. The van der Waals surface area contributed by atoms with Crippen molar-refractivity contribution in [2.45, 2.75) is 18.9 Å². The molecule has 1 aromatic rings. The molecule has 0 saturated carbocycles. The van der Waals surface area contributed by atoms with Crippen molar-refractivity contribution < 1.29 is 9.59 Å². The van der Waals surface area contributed by atoms with E-state index in [0.717, 1.165) is 12.8 Å². The van der Waals surface area contributed by atoms with Gasteiger partial charge < -0.3 is 9.80 Å². The summed E-state index contributed by atoms with van der Waals surface area (Å²) in [6, 6.07) is 0.159. The van der Waals surface area contributed by atoms with Gasteiger partial charge in [-0.25, -0.2) is 0 Å². The molecule has 0 aliphatic carbocycles. The minimum Gasteiger partial charge on any atom is -0.341 e. The average Bonchev–Trinajstić information content (AvgIpc) is 2.77. The number of piperidine rings is 1. The molecule has 4 rings (SSSR count). The van der Waals surface area contributed by atoms with Crippen LogP contribution in [0.4, 0.5) is 0 Å². The van der Waals surface area contributed by atoms with Crippen molar-refractivity contribution in [3.63, 3.8) is 0 Å². The largest absolute Gasteiger partial charge is 0.341 e. The highest BCUT2D eigenvalue weighted by atomic mass is 16.2. The highest BCUT2D eigenvalue weighted by molar-refractivity contribution is 5.94. The number of amides is 2. The number of likely N-dealkylation sites (N-methyl/N-ethyl adjacent to an activating group) is 1. The number of nitrogens with one attached hydrogen (secondary N) is 1. The topological polar surface area (TPSA) is 69.3 Å². The molecule has 96 valence electrons. The SMILES string of the molecule is CN1C(=O)[C@@H]2CC[C@H]1CN(C(=O)c1cn[nH]c1)C2. The lowest BCUT2D eigenvalue weighted by Crippen LogP contribution is -2.45. The van der Waals surface area contributed by atoms with Gasteiger partial charge in [0, 0.05) is 32.4 Å². The molecule has 2 amide bonds. The predicted molar refractivity (Wildman–Crippen MR) is 63.8 cm³/mol. The fourth-order valence-corrected chi connectivity index (χ4v) is 2.87. The zero-order valence-corrected chi connectivity index (χ0v) is 10.3. The molecule has 3 saturated heterocycles. The van der Waals surface area contributed by atoms with Gasteiger partial charge in [-0.2, -0.15) is 5.10 Å². The van der Waals surface area contributed by atoms with Crippen LogP contribution in [0.5, 0.6) is 0 Å². The van der Waals surface area contributed by atoms with E-state index >= 15 is 0 Å². The number of nitrogens with zero attached hydrogens (tertiary/aromatic N) is 3. The lowest BCUT2D eigenvalue weighted by atomic mass is 9.95. The molecule has 2 bridgehead atoms. The highest BCUT2D eigenvalue weighted by Crippen LogP contribution is 2.28. The van der Waals surface area contributed by atoms with Crippen molar-refractivity contribution in [3.8, 4) is 0 Å². The lowest BCUT2D eigenvalue weighted by molar-refractivity contribution is -0.138. The summed E-state index contributed by atoms with van der Waals surface area (Å²) in [5.74, 6) is 0.0992. The third kappa shape index (κ3) is 1.68. The van der Waals surface area contributed by atoms with E-state index in [2.05, 4.69) is 10.2 Å². The van der Waals surface area contributed by atoms with E-state index in [-0.39, 0.29) is 23.8 Å². The monoisotopic (exact) mass is 248 g/mol. The standard InChI is InChI=1S/C12H16N4O2/c1-15-10-3-2-8(11(15)17)6-16(7-10)12(18)9-4-13-14-5-9/h4-5,8,10H,2-3,6-7H2,1H3,(H,13,14)/t8-,10+/m1/s1. The summed E-state index contributed by atoms with van der Waals surface area (Å²) in [7, 11) is 1.84. The smallest absolute Gasteiger partial charge is 0.257 e. The van der Waals surface area contributed by atoms with Gasteiger partial charge in [-0.1, -0.05) is 0 Å². The van der Waals surface area contributed by atoms with Gasteiger partial charge in [-0.3, -0.25) is 14.7 Å². The molecule has 3 aliphatic rings. The zero-order valence-electron chi connectivity index (χ0n) is 10.3. The first-order valence-electron chi connectivity index (χ1n) is 6.21. The first-order chi connectivity index (χ1) is 8.66.